The van der Waals surface area contributed by atoms with Crippen LogP contribution in [-0.2, 0) is 37.0 Å². The van der Waals surface area contributed by atoms with Gasteiger partial charge in [0.2, 0.25) is 0 Å². The third kappa shape index (κ3) is 5.48. The quantitative estimate of drug-likeness (QED) is 0.214. The largest absolute Gasteiger partial charge is 0.478 e. The van der Waals surface area contributed by atoms with Crippen molar-refractivity contribution in [2.45, 2.75) is 30.9 Å². The summed E-state index contributed by atoms with van der Waals surface area (Å²) in [7, 11) is 0.950. The number of aromatic carboxylic acids is 1. The number of carbonyl (C=O) groups is 3. The highest BCUT2D eigenvalue weighted by atomic mass is 32.2. The van der Waals surface area contributed by atoms with Gasteiger partial charge in [0, 0.05) is 0 Å². The van der Waals surface area contributed by atoms with Crippen LogP contribution in [0, 0.1) is 0 Å². The molecule has 0 heterocycles. The van der Waals surface area contributed by atoms with Gasteiger partial charge < -0.3 is 14.6 Å². The van der Waals surface area contributed by atoms with Crippen LogP contribution in [0.25, 0.3) is 0 Å². The van der Waals surface area contributed by atoms with Gasteiger partial charge in [0.25, 0.3) is 0 Å². The number of hydrogen-bond donors (Lipinski definition) is 2. The first-order valence-corrected chi connectivity index (χ1v) is 10.6. The number of carboxylic acids is 1. The summed E-state index contributed by atoms with van der Waals surface area (Å²) in [5, 5.41) is 4.85. The van der Waals surface area contributed by atoms with Crippen molar-refractivity contribution in [3.63, 3.8) is 0 Å². The van der Waals surface area contributed by atoms with Crippen LogP contribution >= 0.6 is 0 Å². The Balaban J connectivity index is 3.18. The lowest BCUT2D eigenvalue weighted by molar-refractivity contribution is -0.162. The predicted octanol–water partition coefficient (Wildman–Crippen LogP) is -4.26. The zero-order valence-electron chi connectivity index (χ0n) is 17.6. The first kappa shape index (κ1) is 26.7. The van der Waals surface area contributed by atoms with Gasteiger partial charge in [-0.2, -0.15) is 17.2 Å². The van der Waals surface area contributed by atoms with E-state index in [4.69, 9.17) is 9.29 Å². The van der Waals surface area contributed by atoms with Gasteiger partial charge in [0.1, 0.15) is 31.4 Å². The zero-order chi connectivity index (χ0) is 24.3. The smallest absolute Gasteiger partial charge is 0.405 e. The van der Waals surface area contributed by atoms with Gasteiger partial charge >= 0.3 is 33.3 Å². The Hall–Kier alpha value is -2.34. The normalized spacial score (nSPS) is 12.8. The summed E-state index contributed by atoms with van der Waals surface area (Å²) in [6, 6.07) is 0. The van der Waals surface area contributed by atoms with Gasteiger partial charge in [-0.1, -0.05) is 29.1 Å². The number of halogens is 2. The van der Waals surface area contributed by atoms with Crippen LogP contribution in [0.1, 0.15) is 38.8 Å². The minimum Gasteiger partial charge on any atom is -0.478 e. The SMILES string of the molecule is BCc1c(B)c(CB)c(C(=O)OCC(=O)OC(C)C(F)(F)S(=O)(=O)O)c(C(=O)O)c1B. The number of esters is 2. The summed E-state index contributed by atoms with van der Waals surface area (Å²) >= 11 is 0. The molecule has 1 atom stereocenters. The highest BCUT2D eigenvalue weighted by Gasteiger charge is 2.52. The van der Waals surface area contributed by atoms with Gasteiger partial charge in [-0.25, -0.2) is 14.4 Å². The molecule has 16 heteroatoms. The summed E-state index contributed by atoms with van der Waals surface area (Å²) in [5.74, 6) is -4.06. The topological polar surface area (TPSA) is 144 Å². The maximum absolute atomic E-state index is 13.5. The molecular weight excluding hydrogens is 437 g/mol. The summed E-state index contributed by atoms with van der Waals surface area (Å²) in [5.41, 5.74) is 1.68. The lowest BCUT2D eigenvalue weighted by Gasteiger charge is -2.22. The average molecular weight is 458 g/mol. The molecule has 0 saturated carbocycles. The Kier molecular flexibility index (Phi) is 8.49. The van der Waals surface area contributed by atoms with E-state index in [0.29, 0.717) is 29.7 Å². The average Bonchev–Trinajstić information content (AvgIpc) is 2.64. The number of rotatable bonds is 9. The Morgan fingerprint density at radius 2 is 1.58 bits per heavy atom. The molecule has 0 aromatic heterocycles. The third-order valence-corrected chi connectivity index (χ3v) is 5.88. The molecule has 1 aromatic rings. The predicted molar refractivity (Wildman–Crippen MR) is 117 cm³/mol. The van der Waals surface area contributed by atoms with Crippen LogP contribution in [0.5, 0.6) is 0 Å². The van der Waals surface area contributed by atoms with Crippen molar-refractivity contribution in [1.82, 2.24) is 0 Å². The molecule has 2 N–H and O–H groups in total. The first-order chi connectivity index (χ1) is 14.1. The number of carboxylic acid groups (broad SMARTS) is 1. The molecule has 0 spiro atoms. The fourth-order valence-corrected chi connectivity index (χ4v) is 3.78. The summed E-state index contributed by atoms with van der Waals surface area (Å²) in [6.45, 7) is -0.651. The molecule has 0 fully saturated rings. The second-order valence-electron chi connectivity index (χ2n) is 6.71. The molecule has 1 rings (SSSR count). The second-order valence-corrected chi connectivity index (χ2v) is 8.21. The van der Waals surface area contributed by atoms with E-state index < -0.39 is 46.0 Å². The standard InChI is InChI=1S/C15H20B4F2O9S/c1-5(15(20,21)31(26,27)28)30-8(22)4-29-14(25)9-6(2-16)11(18)7(3-17)12(19)10(9)13(23)24/h5H,2-4,16-19H2,1H3,(H,23,24)(H,26,27,28). The van der Waals surface area contributed by atoms with Gasteiger partial charge in [-0.3, -0.25) is 4.55 Å². The van der Waals surface area contributed by atoms with Crippen LogP contribution in [0.2, 0.25) is 0 Å². The number of benzene rings is 1. The van der Waals surface area contributed by atoms with Crippen molar-refractivity contribution in [1.29, 1.82) is 0 Å². The summed E-state index contributed by atoms with van der Waals surface area (Å²) < 4.78 is 65.8. The molecule has 1 unspecified atom stereocenters. The summed E-state index contributed by atoms with van der Waals surface area (Å²) in [6.07, 6.45) is -1.76. The number of alkyl halides is 2. The van der Waals surface area contributed by atoms with Crippen molar-refractivity contribution >= 4 is 70.3 Å². The molecule has 166 valence electrons. The van der Waals surface area contributed by atoms with E-state index in [0.717, 1.165) is 5.56 Å². The van der Waals surface area contributed by atoms with Gasteiger partial charge in [0.15, 0.2) is 12.7 Å². The minimum absolute atomic E-state index is 0.258. The van der Waals surface area contributed by atoms with Gasteiger partial charge in [-0.15, -0.1) is 0 Å². The van der Waals surface area contributed by atoms with E-state index >= 15 is 0 Å². The highest BCUT2D eigenvalue weighted by Crippen LogP contribution is 2.27. The van der Waals surface area contributed by atoms with E-state index in [1.54, 1.807) is 23.5 Å². The van der Waals surface area contributed by atoms with Crippen LogP contribution in [0.3, 0.4) is 0 Å². The number of hydrogen-bond acceptors (Lipinski definition) is 7. The van der Waals surface area contributed by atoms with E-state index in [2.05, 4.69) is 4.74 Å². The third-order valence-electron chi connectivity index (χ3n) is 4.86. The Morgan fingerprint density at radius 1 is 1.06 bits per heavy atom. The number of ether oxygens (including phenoxy) is 2. The molecular formula is C15H20B4F2O9S. The maximum atomic E-state index is 13.5. The van der Waals surface area contributed by atoms with E-state index in [1.807, 2.05) is 7.85 Å². The van der Waals surface area contributed by atoms with Crippen LogP contribution in [-0.4, -0.2) is 85.3 Å². The fourth-order valence-electron chi connectivity index (χ4n) is 3.31. The molecule has 0 radical (unpaired) electrons. The summed E-state index contributed by atoms with van der Waals surface area (Å²) in [4.78, 5) is 36.2. The lowest BCUT2D eigenvalue weighted by Crippen LogP contribution is -2.42. The van der Waals surface area contributed by atoms with Gasteiger partial charge in [0.05, 0.1) is 11.1 Å². The van der Waals surface area contributed by atoms with E-state index in [9.17, 15) is 36.7 Å². The molecule has 0 aliphatic rings. The minimum atomic E-state index is -5.85. The molecule has 0 amide bonds. The van der Waals surface area contributed by atoms with Crippen LogP contribution < -0.4 is 10.9 Å². The molecule has 31 heavy (non-hydrogen) atoms. The molecule has 0 saturated heterocycles. The second kappa shape index (κ2) is 9.86. The number of carbonyl (C=O) groups excluding carboxylic acids is 2. The Labute approximate surface area is 181 Å². The molecule has 0 bridgehead atoms. The van der Waals surface area contributed by atoms with Crippen molar-refractivity contribution < 1.29 is 50.7 Å². The monoisotopic (exact) mass is 458 g/mol. The molecule has 9 nitrogen and oxygen atoms in total. The van der Waals surface area contributed by atoms with Crippen molar-refractivity contribution in [2.24, 2.45) is 0 Å². The Bertz CT molecular complexity index is 1010. The van der Waals surface area contributed by atoms with Gasteiger partial charge in [-0.05, 0) is 12.5 Å². The van der Waals surface area contributed by atoms with E-state index in [-0.39, 0.29) is 17.4 Å². The maximum Gasteiger partial charge on any atom is 0.405 e. The first-order valence-electron chi connectivity index (χ1n) is 9.21. The van der Waals surface area contributed by atoms with Crippen LogP contribution in [0.15, 0.2) is 0 Å². The highest BCUT2D eigenvalue weighted by molar-refractivity contribution is 7.86. The van der Waals surface area contributed by atoms with Crippen LogP contribution in [0.4, 0.5) is 8.78 Å². The zero-order valence-corrected chi connectivity index (χ0v) is 18.4. The van der Waals surface area contributed by atoms with Crippen molar-refractivity contribution in [2.75, 3.05) is 6.61 Å². The van der Waals surface area contributed by atoms with E-state index in [1.165, 1.54) is 0 Å². The van der Waals surface area contributed by atoms with Crippen molar-refractivity contribution in [3.8, 4) is 0 Å². The van der Waals surface area contributed by atoms with Crippen molar-refractivity contribution in [3.05, 3.63) is 22.3 Å². The molecule has 0 aliphatic carbocycles. The fraction of sp³-hybridized carbons (Fsp3) is 0.400. The Morgan fingerprint density at radius 3 is 2.00 bits per heavy atom. The molecule has 0 aliphatic heterocycles. The molecule has 1 aromatic carbocycles. The lowest BCUT2D eigenvalue weighted by atomic mass is 9.68.